The van der Waals surface area contributed by atoms with Crippen LogP contribution in [0.3, 0.4) is 0 Å². The second-order valence-electron chi connectivity index (χ2n) is 5.29. The van der Waals surface area contributed by atoms with Crippen LogP contribution in [0, 0.1) is 6.92 Å². The molecule has 0 amide bonds. The Labute approximate surface area is 135 Å². The van der Waals surface area contributed by atoms with Gasteiger partial charge in [-0.1, -0.05) is 0 Å². The average molecular weight is 334 g/mol. The molecule has 2 rings (SSSR count). The maximum absolute atomic E-state index is 12.4. The van der Waals surface area contributed by atoms with Crippen molar-refractivity contribution in [2.45, 2.75) is 52.9 Å². The van der Waals surface area contributed by atoms with Crippen LogP contribution < -0.4 is 5.32 Å². The minimum absolute atomic E-state index is 0. The van der Waals surface area contributed by atoms with Crippen molar-refractivity contribution in [2.24, 2.45) is 0 Å². The Hall–Kier alpha value is -1.47. The molecule has 2 heterocycles. The van der Waals surface area contributed by atoms with Crippen molar-refractivity contribution in [2.75, 3.05) is 0 Å². The lowest BCUT2D eigenvalue weighted by Gasteiger charge is -2.11. The van der Waals surface area contributed by atoms with Crippen LogP contribution in [0.15, 0.2) is 18.5 Å². The fourth-order valence-electron chi connectivity index (χ4n) is 2.25. The van der Waals surface area contributed by atoms with E-state index in [0.717, 1.165) is 17.0 Å². The number of halogens is 3. The van der Waals surface area contributed by atoms with Crippen molar-refractivity contribution in [1.82, 2.24) is 24.9 Å². The Balaban J connectivity index is 0.00000242. The molecule has 0 fully saturated rings. The van der Waals surface area contributed by atoms with Crippen molar-refractivity contribution in [3.05, 3.63) is 35.4 Å². The Bertz CT molecular complexity index is 580. The molecule has 0 aliphatic rings. The number of aromatic nitrogens is 4. The van der Waals surface area contributed by atoms with Crippen LogP contribution >= 0.6 is 12.4 Å². The fourth-order valence-corrected chi connectivity index (χ4v) is 2.25. The van der Waals surface area contributed by atoms with Gasteiger partial charge in [0.2, 0.25) is 0 Å². The van der Waals surface area contributed by atoms with Crippen LogP contribution in [-0.4, -0.2) is 26.0 Å². The Morgan fingerprint density at radius 3 is 2.59 bits per heavy atom. The van der Waals surface area contributed by atoms with E-state index in [9.17, 15) is 8.78 Å². The highest BCUT2D eigenvalue weighted by Gasteiger charge is 2.11. The largest absolute Gasteiger partial charge is 0.307 e. The molecule has 0 aromatic carbocycles. The van der Waals surface area contributed by atoms with Gasteiger partial charge in [-0.3, -0.25) is 9.36 Å². The summed E-state index contributed by atoms with van der Waals surface area (Å²) in [7, 11) is 0. The Morgan fingerprint density at radius 1 is 1.23 bits per heavy atom. The molecule has 0 radical (unpaired) electrons. The lowest BCUT2D eigenvalue weighted by Crippen LogP contribution is -2.18. The van der Waals surface area contributed by atoms with Gasteiger partial charge < -0.3 is 5.32 Å². The van der Waals surface area contributed by atoms with Crippen molar-refractivity contribution in [3.8, 4) is 0 Å². The highest BCUT2D eigenvalue weighted by Crippen LogP contribution is 2.11. The summed E-state index contributed by atoms with van der Waals surface area (Å²) in [4.78, 5) is 0. The monoisotopic (exact) mass is 333 g/mol. The molecule has 0 saturated heterocycles. The fraction of sp³-hybridized carbons (Fsp3) is 0.571. The van der Waals surface area contributed by atoms with Gasteiger partial charge in [-0.2, -0.15) is 10.2 Å². The zero-order valence-electron chi connectivity index (χ0n) is 13.0. The summed E-state index contributed by atoms with van der Waals surface area (Å²) < 4.78 is 28.1. The molecule has 0 bridgehead atoms. The first-order chi connectivity index (χ1) is 9.99. The number of nitrogens with zero attached hydrogens (tertiary/aromatic N) is 4. The zero-order chi connectivity index (χ0) is 15.4. The van der Waals surface area contributed by atoms with E-state index in [4.69, 9.17) is 0 Å². The first kappa shape index (κ1) is 18.6. The van der Waals surface area contributed by atoms with Crippen LogP contribution in [0.25, 0.3) is 0 Å². The summed E-state index contributed by atoms with van der Waals surface area (Å²) in [5.41, 5.74) is 2.81. The summed E-state index contributed by atoms with van der Waals surface area (Å²) in [6.45, 7) is 6.89. The molecule has 22 heavy (non-hydrogen) atoms. The lowest BCUT2D eigenvalue weighted by atomic mass is 10.2. The van der Waals surface area contributed by atoms with Crippen LogP contribution in [-0.2, 0) is 19.6 Å². The summed E-state index contributed by atoms with van der Waals surface area (Å²) in [6.07, 6.45) is 1.04. The number of alkyl halides is 2. The van der Waals surface area contributed by atoms with E-state index in [1.165, 1.54) is 4.68 Å². The van der Waals surface area contributed by atoms with Crippen LogP contribution in [0.4, 0.5) is 8.78 Å². The zero-order valence-corrected chi connectivity index (χ0v) is 13.8. The molecule has 2 aromatic rings. The van der Waals surface area contributed by atoms with Crippen LogP contribution in [0.5, 0.6) is 0 Å². The second kappa shape index (κ2) is 8.24. The third kappa shape index (κ3) is 4.51. The quantitative estimate of drug-likeness (QED) is 0.847. The van der Waals surface area contributed by atoms with Gasteiger partial charge in [0.1, 0.15) is 6.54 Å². The molecule has 8 heteroatoms. The normalized spacial score (nSPS) is 11.2. The lowest BCUT2D eigenvalue weighted by molar-refractivity contribution is 0.121. The van der Waals surface area contributed by atoms with Gasteiger partial charge in [0.15, 0.2) is 0 Å². The van der Waals surface area contributed by atoms with Gasteiger partial charge in [-0.25, -0.2) is 8.78 Å². The highest BCUT2D eigenvalue weighted by molar-refractivity contribution is 5.85. The molecule has 124 valence electrons. The van der Waals surface area contributed by atoms with Gasteiger partial charge in [0, 0.05) is 36.6 Å². The first-order valence-electron chi connectivity index (χ1n) is 7.01. The van der Waals surface area contributed by atoms with Crippen molar-refractivity contribution >= 4 is 12.4 Å². The molecular formula is C14H22ClF2N5. The molecule has 1 N–H and O–H groups in total. The summed E-state index contributed by atoms with van der Waals surface area (Å²) in [5.74, 6) is 0. The first-order valence-corrected chi connectivity index (χ1v) is 7.01. The summed E-state index contributed by atoms with van der Waals surface area (Å²) in [6, 6.07) is 2.28. The minimum Gasteiger partial charge on any atom is -0.307 e. The van der Waals surface area contributed by atoms with Crippen molar-refractivity contribution in [3.63, 3.8) is 0 Å². The minimum atomic E-state index is -2.38. The van der Waals surface area contributed by atoms with Gasteiger partial charge in [0.25, 0.3) is 6.43 Å². The van der Waals surface area contributed by atoms with Gasteiger partial charge >= 0.3 is 0 Å². The molecule has 2 aromatic heterocycles. The topological polar surface area (TPSA) is 47.7 Å². The predicted octanol–water partition coefficient (Wildman–Crippen LogP) is 2.95. The molecule has 0 atom stereocenters. The maximum Gasteiger partial charge on any atom is 0.257 e. The van der Waals surface area contributed by atoms with E-state index < -0.39 is 6.43 Å². The summed E-state index contributed by atoms with van der Waals surface area (Å²) >= 11 is 0. The smallest absolute Gasteiger partial charge is 0.257 e. The van der Waals surface area contributed by atoms with Gasteiger partial charge in [0.05, 0.1) is 11.9 Å². The predicted molar refractivity (Wildman–Crippen MR) is 83.4 cm³/mol. The van der Waals surface area contributed by atoms with E-state index >= 15 is 0 Å². The van der Waals surface area contributed by atoms with E-state index in [1.807, 2.05) is 17.7 Å². The number of hydrogen-bond acceptors (Lipinski definition) is 3. The maximum atomic E-state index is 12.4. The van der Waals surface area contributed by atoms with Gasteiger partial charge in [-0.15, -0.1) is 12.4 Å². The van der Waals surface area contributed by atoms with Crippen molar-refractivity contribution < 1.29 is 8.78 Å². The standard InChI is InChI=1S/C14H21F2N5.ClH/c1-10(2)21-13(4-5-18-21)8-17-6-12-7-19-20(11(12)3)9-14(15)16;/h4-5,7,10,14,17H,6,8-9H2,1-3H3;1H. The molecule has 0 aliphatic carbocycles. The van der Waals surface area contributed by atoms with E-state index in [2.05, 4.69) is 29.4 Å². The molecule has 0 spiro atoms. The van der Waals surface area contributed by atoms with Crippen molar-refractivity contribution in [1.29, 1.82) is 0 Å². The van der Waals surface area contributed by atoms with E-state index in [-0.39, 0.29) is 19.0 Å². The average Bonchev–Trinajstić information content (AvgIpc) is 2.99. The summed E-state index contributed by atoms with van der Waals surface area (Å²) in [5, 5.41) is 11.6. The SMILES string of the molecule is Cc1c(CNCc2ccnn2C(C)C)cnn1CC(F)F.Cl. The van der Waals surface area contributed by atoms with Crippen LogP contribution in [0.1, 0.15) is 36.8 Å². The third-order valence-corrected chi connectivity index (χ3v) is 3.38. The van der Waals surface area contributed by atoms with E-state index in [1.54, 1.807) is 12.4 Å². The number of nitrogens with one attached hydrogen (secondary N) is 1. The second-order valence-corrected chi connectivity index (χ2v) is 5.29. The molecule has 0 saturated carbocycles. The van der Waals surface area contributed by atoms with E-state index in [0.29, 0.717) is 19.1 Å². The molecule has 0 aliphatic heterocycles. The van der Waals surface area contributed by atoms with Crippen LogP contribution in [0.2, 0.25) is 0 Å². The number of hydrogen-bond donors (Lipinski definition) is 1. The number of rotatable bonds is 7. The molecular weight excluding hydrogens is 312 g/mol. The third-order valence-electron chi connectivity index (χ3n) is 3.38. The van der Waals surface area contributed by atoms with Gasteiger partial charge in [-0.05, 0) is 26.8 Å². The molecule has 0 unspecified atom stereocenters. The molecule has 5 nitrogen and oxygen atoms in total. The Morgan fingerprint density at radius 2 is 1.95 bits per heavy atom. The Kier molecular flexibility index (Phi) is 6.96. The highest BCUT2D eigenvalue weighted by atomic mass is 35.5.